The molecule has 6 heavy (non-hydrogen) atoms. The van der Waals surface area contributed by atoms with Gasteiger partial charge in [-0.25, -0.2) is 0 Å². The molecular weight excluding hydrogens is 311 g/mol. The molecule has 0 saturated heterocycles. The molecule has 0 bridgehead atoms. The SMILES string of the molecule is [OH-].[OH-].[OH-].[OH-].[OH-].[Pa+5]. The molecule has 0 aromatic rings. The van der Waals surface area contributed by atoms with Crippen LogP contribution >= 0.6 is 0 Å². The molecule has 0 saturated carbocycles. The molecule has 0 unspecified atom stereocenters. The molecule has 0 atom stereocenters. The van der Waals surface area contributed by atoms with Gasteiger partial charge in [-0.3, -0.25) is 0 Å². The molecule has 0 aromatic heterocycles. The van der Waals surface area contributed by atoms with Crippen LogP contribution in [0.15, 0.2) is 0 Å². The zero-order valence-corrected chi connectivity index (χ0v) is 7.62. The summed E-state index contributed by atoms with van der Waals surface area (Å²) in [6.45, 7) is 0. The summed E-state index contributed by atoms with van der Waals surface area (Å²) in [5, 5.41) is 0. The van der Waals surface area contributed by atoms with Crippen molar-refractivity contribution in [1.82, 2.24) is 0 Å². The van der Waals surface area contributed by atoms with Crippen molar-refractivity contribution in [2.45, 2.75) is 0 Å². The molecule has 0 spiro atoms. The van der Waals surface area contributed by atoms with Gasteiger partial charge in [-0.05, 0) is 0 Å². The summed E-state index contributed by atoms with van der Waals surface area (Å²) in [4.78, 5) is 0. The Morgan fingerprint density at radius 2 is 0.333 bits per heavy atom. The van der Waals surface area contributed by atoms with Crippen LogP contribution in [0.5, 0.6) is 0 Å². The normalized spacial score (nSPS) is 0. The van der Waals surface area contributed by atoms with Gasteiger partial charge in [0.2, 0.25) is 0 Å². The van der Waals surface area contributed by atoms with Crippen molar-refractivity contribution in [3.05, 3.63) is 0 Å². The maximum absolute atomic E-state index is 0. The second-order valence-electron chi connectivity index (χ2n) is 0. The van der Waals surface area contributed by atoms with Gasteiger partial charge in [-0.2, -0.15) is 0 Å². The van der Waals surface area contributed by atoms with E-state index in [4.69, 9.17) is 0 Å². The van der Waals surface area contributed by atoms with Gasteiger partial charge in [0.1, 0.15) is 0 Å². The van der Waals surface area contributed by atoms with Gasteiger partial charge in [0.15, 0.2) is 0 Å². The maximum Gasteiger partial charge on any atom is 5.00 e. The Hall–Kier alpha value is 0.891. The second-order valence-corrected chi connectivity index (χ2v) is 0. The fraction of sp³-hybridized carbons (Fsp3) is 0. The van der Waals surface area contributed by atoms with Crippen LogP contribution in [0.25, 0.3) is 0 Å². The van der Waals surface area contributed by atoms with E-state index in [1.165, 1.54) is 0 Å². The van der Waals surface area contributed by atoms with Gasteiger partial charge < -0.3 is 27.4 Å². The van der Waals surface area contributed by atoms with Crippen molar-refractivity contribution in [3.8, 4) is 0 Å². The first-order valence-corrected chi connectivity index (χ1v) is 0. The van der Waals surface area contributed by atoms with Gasteiger partial charge in [-0.15, -0.1) is 0 Å². The summed E-state index contributed by atoms with van der Waals surface area (Å²) < 4.78 is 0. The van der Waals surface area contributed by atoms with Crippen molar-refractivity contribution >= 4 is 0 Å². The Bertz CT molecular complexity index is 3.90. The first-order valence-electron chi connectivity index (χ1n) is 0. The van der Waals surface area contributed by atoms with Crippen molar-refractivity contribution < 1.29 is 59.7 Å². The van der Waals surface area contributed by atoms with Crippen LogP contribution in [-0.2, 0) is 0 Å². The van der Waals surface area contributed by atoms with E-state index in [9.17, 15) is 0 Å². The topological polar surface area (TPSA) is 150 Å². The monoisotopic (exact) mass is 316 g/mol. The van der Waals surface area contributed by atoms with Crippen molar-refractivity contribution in [3.63, 3.8) is 0 Å². The molecule has 0 rings (SSSR count). The van der Waals surface area contributed by atoms with E-state index in [1.807, 2.05) is 0 Å². The van der Waals surface area contributed by atoms with E-state index >= 15 is 0 Å². The minimum atomic E-state index is 0. The number of rotatable bonds is 0. The average molecular weight is 316 g/mol. The Morgan fingerprint density at radius 1 is 0.333 bits per heavy atom. The smallest absolute Gasteiger partial charge is 0.870 e. The summed E-state index contributed by atoms with van der Waals surface area (Å²) in [6.07, 6.45) is 0. The predicted molar refractivity (Wildman–Crippen MR) is 9.68 cm³/mol. The fourth-order valence-corrected chi connectivity index (χ4v) is 0. The van der Waals surface area contributed by atoms with Crippen LogP contribution in [0.1, 0.15) is 0 Å². The number of hydrogen-bond donors (Lipinski definition) is 0. The Labute approximate surface area is 59.8 Å². The molecule has 0 aliphatic carbocycles. The maximum atomic E-state index is 0. The minimum Gasteiger partial charge on any atom is -0.870 e. The molecule has 5 nitrogen and oxygen atoms in total. The second kappa shape index (κ2) is 178. The first kappa shape index (κ1) is 301. The molecule has 5 N–H and O–H groups in total. The van der Waals surface area contributed by atoms with Gasteiger partial charge in [0.25, 0.3) is 0 Å². The summed E-state index contributed by atoms with van der Waals surface area (Å²) in [7, 11) is 0. The Morgan fingerprint density at radius 3 is 0.333 bits per heavy atom. The van der Waals surface area contributed by atoms with Crippen molar-refractivity contribution in [2.75, 3.05) is 0 Å². The fourth-order valence-electron chi connectivity index (χ4n) is 0. The van der Waals surface area contributed by atoms with E-state index < -0.39 is 0 Å². The molecule has 0 fully saturated rings. The molecule has 0 aliphatic rings. The molecule has 6 heteroatoms. The van der Waals surface area contributed by atoms with E-state index in [2.05, 4.69) is 0 Å². The van der Waals surface area contributed by atoms with Gasteiger partial charge >= 0.3 is 32.3 Å². The molecule has 38 valence electrons. The van der Waals surface area contributed by atoms with Crippen LogP contribution in [0.4, 0.5) is 0 Å². The van der Waals surface area contributed by atoms with E-state index in [-0.39, 0.29) is 59.7 Å². The standard InChI is InChI=1S/5H2O.Pa/h5*1H2;/q;;;;;+5/p-5. The molecule has 0 heterocycles. The van der Waals surface area contributed by atoms with Crippen molar-refractivity contribution in [1.29, 1.82) is 0 Å². The van der Waals surface area contributed by atoms with E-state index in [0.717, 1.165) is 0 Å². The Balaban J connectivity index is 0. The van der Waals surface area contributed by atoms with Crippen LogP contribution in [0.3, 0.4) is 0 Å². The van der Waals surface area contributed by atoms with Crippen LogP contribution in [-0.4, -0.2) is 27.4 Å². The summed E-state index contributed by atoms with van der Waals surface area (Å²) in [5.74, 6) is 0. The van der Waals surface area contributed by atoms with Crippen molar-refractivity contribution in [2.24, 2.45) is 0 Å². The van der Waals surface area contributed by atoms with E-state index in [1.54, 1.807) is 0 Å². The third-order valence-corrected chi connectivity index (χ3v) is 0. The minimum absolute atomic E-state index is 0. The zero-order chi connectivity index (χ0) is 0. The predicted octanol–water partition coefficient (Wildman–Crippen LogP) is -0.884. The third kappa shape index (κ3) is 93.3. The number of hydrogen-bond acceptors (Lipinski definition) is 5. The molecule has 0 radical (unpaired) electrons. The molecule has 0 amide bonds. The Kier molecular flexibility index (Phi) is 8910. The summed E-state index contributed by atoms with van der Waals surface area (Å²) in [5.41, 5.74) is 0. The molecule has 0 aliphatic heterocycles. The third-order valence-electron chi connectivity index (χ3n) is 0. The zero-order valence-electron chi connectivity index (χ0n) is 2.81. The van der Waals surface area contributed by atoms with Crippen LogP contribution < -0.4 is 0 Å². The molecule has 0 aromatic carbocycles. The first-order chi connectivity index (χ1) is 0. The average Bonchev–Trinajstić information content (AvgIpc) is 0. The van der Waals surface area contributed by atoms with Crippen LogP contribution in [0, 0.1) is 32.3 Å². The molecular formula is H5O5Pa. The summed E-state index contributed by atoms with van der Waals surface area (Å²) >= 11 is 0. The largest absolute Gasteiger partial charge is 5.00 e. The van der Waals surface area contributed by atoms with E-state index in [0.29, 0.717) is 0 Å². The van der Waals surface area contributed by atoms with Gasteiger partial charge in [0.05, 0.1) is 0 Å². The quantitative estimate of drug-likeness (QED) is 0.568. The van der Waals surface area contributed by atoms with Crippen LogP contribution in [0.2, 0.25) is 0 Å². The van der Waals surface area contributed by atoms with Gasteiger partial charge in [0, 0.05) is 0 Å². The van der Waals surface area contributed by atoms with Gasteiger partial charge in [-0.1, -0.05) is 0 Å². The summed E-state index contributed by atoms with van der Waals surface area (Å²) in [6, 6.07) is 0.